The van der Waals surface area contributed by atoms with Crippen molar-refractivity contribution in [1.82, 2.24) is 25.8 Å². The van der Waals surface area contributed by atoms with E-state index in [0.717, 1.165) is 35.4 Å². The van der Waals surface area contributed by atoms with Gasteiger partial charge in [-0.15, -0.1) is 11.8 Å². The smallest absolute Gasteiger partial charge is 0.191 e. The highest BCUT2D eigenvalue weighted by atomic mass is 32.2. The van der Waals surface area contributed by atoms with Gasteiger partial charge in [0.05, 0.1) is 13.7 Å². The fraction of sp³-hybridized carbons (Fsp3) is 0.250. The molecule has 0 atom stereocenters. The van der Waals surface area contributed by atoms with E-state index in [-0.39, 0.29) is 0 Å². The Bertz CT molecular complexity index is 879. The summed E-state index contributed by atoms with van der Waals surface area (Å²) in [5.41, 5.74) is 0.934. The number of hydrogen-bond acceptors (Lipinski definition) is 5. The van der Waals surface area contributed by atoms with Crippen molar-refractivity contribution in [2.45, 2.75) is 11.4 Å². The first-order valence-corrected chi connectivity index (χ1v) is 9.95. The van der Waals surface area contributed by atoms with Gasteiger partial charge in [-0.1, -0.05) is 18.2 Å². The number of aromatic amines is 1. The van der Waals surface area contributed by atoms with Crippen LogP contribution in [0.4, 0.5) is 0 Å². The lowest BCUT2D eigenvalue weighted by Gasteiger charge is -2.10. The Balaban J connectivity index is 1.44. The molecule has 7 nitrogen and oxygen atoms in total. The number of rotatable bonds is 8. The minimum Gasteiger partial charge on any atom is -0.497 e. The lowest BCUT2D eigenvalue weighted by atomic mass is 10.2. The fourth-order valence-electron chi connectivity index (χ4n) is 2.49. The Labute approximate surface area is 169 Å². The van der Waals surface area contributed by atoms with Crippen molar-refractivity contribution in [1.29, 1.82) is 0 Å². The molecule has 0 saturated heterocycles. The molecule has 3 N–H and O–H groups in total. The summed E-state index contributed by atoms with van der Waals surface area (Å²) in [4.78, 5) is 10.0. The molecule has 146 valence electrons. The molecule has 8 heteroatoms. The first-order valence-electron chi connectivity index (χ1n) is 8.96. The molecule has 0 unspecified atom stereocenters. The summed E-state index contributed by atoms with van der Waals surface area (Å²) in [6, 6.07) is 18.0. The van der Waals surface area contributed by atoms with E-state index in [2.05, 4.69) is 42.9 Å². The van der Waals surface area contributed by atoms with Gasteiger partial charge in [-0.25, -0.2) is 4.98 Å². The third-order valence-corrected chi connectivity index (χ3v) is 4.95. The quantitative estimate of drug-likeness (QED) is 0.235. The monoisotopic (exact) mass is 396 g/mol. The van der Waals surface area contributed by atoms with Crippen molar-refractivity contribution in [2.24, 2.45) is 4.99 Å². The topological polar surface area (TPSA) is 87.2 Å². The van der Waals surface area contributed by atoms with Crippen molar-refractivity contribution >= 4 is 17.7 Å². The molecule has 3 aromatic rings. The predicted octanol–water partition coefficient (Wildman–Crippen LogP) is 2.94. The van der Waals surface area contributed by atoms with Crippen molar-refractivity contribution < 1.29 is 4.74 Å². The van der Waals surface area contributed by atoms with E-state index < -0.39 is 0 Å². The largest absolute Gasteiger partial charge is 0.497 e. The number of thioether (sulfide) groups is 1. The molecule has 0 aliphatic carbocycles. The standard InChI is InChI=1S/C20H24N6OS/c1-21-20(22-12-13-28-17-6-4-3-5-7-17)23-14-18-24-19(26-25-18)15-8-10-16(27-2)11-9-15/h3-11H,12-14H2,1-2H3,(H2,21,22,23)(H,24,25,26). The first-order chi connectivity index (χ1) is 13.8. The molecule has 2 aromatic carbocycles. The van der Waals surface area contributed by atoms with Gasteiger partial charge in [0.2, 0.25) is 0 Å². The second kappa shape index (κ2) is 10.4. The van der Waals surface area contributed by atoms with Crippen LogP contribution in [0, 0.1) is 0 Å². The Morgan fingerprint density at radius 2 is 1.89 bits per heavy atom. The average molecular weight is 397 g/mol. The molecule has 1 heterocycles. The van der Waals surface area contributed by atoms with Gasteiger partial charge in [0.1, 0.15) is 11.6 Å². The van der Waals surface area contributed by atoms with Crippen molar-refractivity contribution in [3.8, 4) is 17.1 Å². The maximum absolute atomic E-state index is 5.17. The fourth-order valence-corrected chi connectivity index (χ4v) is 3.28. The van der Waals surface area contributed by atoms with E-state index in [1.807, 2.05) is 54.2 Å². The van der Waals surface area contributed by atoms with Gasteiger partial charge in [0.15, 0.2) is 11.8 Å². The molecule has 3 rings (SSSR count). The zero-order valence-corrected chi connectivity index (χ0v) is 16.8. The Hall–Kier alpha value is -3.00. The van der Waals surface area contributed by atoms with E-state index >= 15 is 0 Å². The SMILES string of the molecule is CN=C(NCCSc1ccccc1)NCc1nc(-c2ccc(OC)cc2)n[nH]1. The highest BCUT2D eigenvalue weighted by molar-refractivity contribution is 7.99. The summed E-state index contributed by atoms with van der Waals surface area (Å²) in [6.45, 7) is 1.32. The number of nitrogens with zero attached hydrogens (tertiary/aromatic N) is 3. The van der Waals surface area contributed by atoms with Crippen molar-refractivity contribution in [3.63, 3.8) is 0 Å². The molecule has 0 aliphatic rings. The summed E-state index contributed by atoms with van der Waals surface area (Å²) in [6.07, 6.45) is 0. The summed E-state index contributed by atoms with van der Waals surface area (Å²) < 4.78 is 5.17. The van der Waals surface area contributed by atoms with Gasteiger partial charge in [0.25, 0.3) is 0 Å². The Morgan fingerprint density at radius 1 is 1.11 bits per heavy atom. The van der Waals surface area contributed by atoms with Gasteiger partial charge in [0, 0.05) is 29.8 Å². The molecular formula is C20H24N6OS. The minimum absolute atomic E-state index is 0.509. The van der Waals surface area contributed by atoms with Gasteiger partial charge < -0.3 is 15.4 Å². The van der Waals surface area contributed by atoms with Crippen LogP contribution in [0.2, 0.25) is 0 Å². The van der Waals surface area contributed by atoms with Crippen LogP contribution < -0.4 is 15.4 Å². The minimum atomic E-state index is 0.509. The van der Waals surface area contributed by atoms with Crippen LogP contribution in [0.5, 0.6) is 5.75 Å². The van der Waals surface area contributed by atoms with Crippen LogP contribution >= 0.6 is 11.8 Å². The molecular weight excluding hydrogens is 372 g/mol. The normalized spacial score (nSPS) is 11.3. The van der Waals surface area contributed by atoms with Crippen LogP contribution in [0.1, 0.15) is 5.82 Å². The van der Waals surface area contributed by atoms with Gasteiger partial charge in [-0.3, -0.25) is 10.1 Å². The number of aliphatic imine (C=N–C) groups is 1. The van der Waals surface area contributed by atoms with Crippen LogP contribution in [-0.2, 0) is 6.54 Å². The molecule has 0 bridgehead atoms. The highest BCUT2D eigenvalue weighted by Crippen LogP contribution is 2.19. The van der Waals surface area contributed by atoms with Gasteiger partial charge in [-0.05, 0) is 36.4 Å². The van der Waals surface area contributed by atoms with Crippen LogP contribution in [0.25, 0.3) is 11.4 Å². The third kappa shape index (κ3) is 5.75. The number of benzene rings is 2. The molecule has 0 aliphatic heterocycles. The van der Waals surface area contributed by atoms with Gasteiger partial charge >= 0.3 is 0 Å². The highest BCUT2D eigenvalue weighted by Gasteiger charge is 2.07. The zero-order chi connectivity index (χ0) is 19.6. The summed E-state index contributed by atoms with van der Waals surface area (Å²) in [5, 5.41) is 13.8. The molecule has 1 aromatic heterocycles. The Morgan fingerprint density at radius 3 is 2.61 bits per heavy atom. The average Bonchev–Trinajstić information content (AvgIpc) is 3.23. The molecule has 0 saturated carbocycles. The van der Waals surface area contributed by atoms with E-state index in [9.17, 15) is 0 Å². The van der Waals surface area contributed by atoms with Crippen LogP contribution in [-0.4, -0.2) is 47.6 Å². The van der Waals surface area contributed by atoms with Crippen molar-refractivity contribution in [2.75, 3.05) is 26.5 Å². The lowest BCUT2D eigenvalue weighted by molar-refractivity contribution is 0.415. The van der Waals surface area contributed by atoms with E-state index in [0.29, 0.717) is 12.4 Å². The number of methoxy groups -OCH3 is 1. The maximum Gasteiger partial charge on any atom is 0.191 e. The second-order valence-electron chi connectivity index (χ2n) is 5.85. The molecule has 28 heavy (non-hydrogen) atoms. The molecule has 0 fully saturated rings. The summed E-state index contributed by atoms with van der Waals surface area (Å²) >= 11 is 1.81. The zero-order valence-electron chi connectivity index (χ0n) is 16.0. The van der Waals surface area contributed by atoms with Crippen molar-refractivity contribution in [3.05, 3.63) is 60.4 Å². The van der Waals surface area contributed by atoms with Gasteiger partial charge in [-0.2, -0.15) is 5.10 Å². The summed E-state index contributed by atoms with van der Waals surface area (Å²) in [7, 11) is 3.40. The molecule has 0 amide bonds. The lowest BCUT2D eigenvalue weighted by Crippen LogP contribution is -2.38. The summed E-state index contributed by atoms with van der Waals surface area (Å²) in [5.74, 6) is 3.89. The molecule has 0 spiro atoms. The van der Waals surface area contributed by atoms with Crippen LogP contribution in [0.3, 0.4) is 0 Å². The Kier molecular flexibility index (Phi) is 7.31. The number of aromatic nitrogens is 3. The first kappa shape index (κ1) is 19.8. The predicted molar refractivity (Wildman–Crippen MR) is 114 cm³/mol. The maximum atomic E-state index is 5.17. The number of H-pyrrole nitrogens is 1. The number of guanidine groups is 1. The van der Waals surface area contributed by atoms with E-state index in [1.54, 1.807) is 14.2 Å². The second-order valence-corrected chi connectivity index (χ2v) is 7.02. The number of nitrogens with one attached hydrogen (secondary N) is 3. The molecule has 0 radical (unpaired) electrons. The third-order valence-electron chi connectivity index (χ3n) is 3.93. The van der Waals surface area contributed by atoms with Crippen LogP contribution in [0.15, 0.2) is 64.5 Å². The van der Waals surface area contributed by atoms with E-state index in [4.69, 9.17) is 4.74 Å². The number of ether oxygens (including phenoxy) is 1. The number of hydrogen-bond donors (Lipinski definition) is 3. The van der Waals surface area contributed by atoms with E-state index in [1.165, 1.54) is 4.90 Å².